The quantitative estimate of drug-likeness (QED) is 0.0733. The molecular formula is C23H26O11. The Morgan fingerprint density at radius 3 is 2.38 bits per heavy atom. The molecule has 11 heteroatoms. The van der Waals surface area contributed by atoms with Crippen LogP contribution in [0.5, 0.6) is 17.2 Å². The number of phenols is 3. The Labute approximate surface area is 194 Å². The highest BCUT2D eigenvalue weighted by atomic mass is 17.2. The lowest BCUT2D eigenvalue weighted by Crippen LogP contribution is -2.59. The minimum absolute atomic E-state index is 0.0167. The van der Waals surface area contributed by atoms with Crippen LogP contribution in [0.15, 0.2) is 48.5 Å². The second kappa shape index (κ2) is 11.8. The molecule has 2 aromatic rings. The van der Waals surface area contributed by atoms with E-state index in [1.807, 2.05) is 0 Å². The maximum Gasteiger partial charge on any atom is 0.330 e. The van der Waals surface area contributed by atoms with Gasteiger partial charge in [-0.2, -0.15) is 0 Å². The lowest BCUT2D eigenvalue weighted by Gasteiger charge is -2.39. The molecule has 6 N–H and O–H groups in total. The van der Waals surface area contributed by atoms with Gasteiger partial charge >= 0.3 is 5.97 Å². The normalized spacial score (nSPS) is 24.9. The molecule has 1 saturated heterocycles. The number of aromatic hydroxyl groups is 3. The summed E-state index contributed by atoms with van der Waals surface area (Å²) in [7, 11) is 0. The zero-order chi connectivity index (χ0) is 24.7. The number of carbonyl (C=O) groups excluding carboxylic acids is 1. The first-order valence-electron chi connectivity index (χ1n) is 10.4. The molecule has 0 spiro atoms. The maximum atomic E-state index is 12.0. The lowest BCUT2D eigenvalue weighted by atomic mass is 9.99. The fourth-order valence-corrected chi connectivity index (χ4v) is 3.09. The van der Waals surface area contributed by atoms with E-state index in [1.165, 1.54) is 30.3 Å². The monoisotopic (exact) mass is 478 g/mol. The van der Waals surface area contributed by atoms with Crippen molar-refractivity contribution in [3.63, 3.8) is 0 Å². The predicted octanol–water partition coefficient (Wildman–Crippen LogP) is 0.358. The molecule has 1 fully saturated rings. The average molecular weight is 478 g/mol. The van der Waals surface area contributed by atoms with Gasteiger partial charge in [0.1, 0.15) is 36.8 Å². The second-order valence-corrected chi connectivity index (χ2v) is 7.56. The van der Waals surface area contributed by atoms with Crippen LogP contribution >= 0.6 is 0 Å². The summed E-state index contributed by atoms with van der Waals surface area (Å²) in [6.07, 6.45) is -4.60. The van der Waals surface area contributed by atoms with Gasteiger partial charge in [0, 0.05) is 6.08 Å². The molecule has 0 amide bonds. The Kier molecular flexibility index (Phi) is 8.82. The van der Waals surface area contributed by atoms with E-state index < -0.39 is 43.3 Å². The highest BCUT2D eigenvalue weighted by Crippen LogP contribution is 2.25. The third-order valence-corrected chi connectivity index (χ3v) is 5.04. The van der Waals surface area contributed by atoms with Crippen molar-refractivity contribution in [2.24, 2.45) is 0 Å². The van der Waals surface area contributed by atoms with Gasteiger partial charge in [0.25, 0.3) is 0 Å². The number of ether oxygens (including phenoxy) is 2. The van der Waals surface area contributed by atoms with Gasteiger partial charge in [0.05, 0.1) is 6.61 Å². The number of carbonyl (C=O) groups is 1. The highest BCUT2D eigenvalue weighted by Gasteiger charge is 2.45. The first kappa shape index (κ1) is 25.4. The summed E-state index contributed by atoms with van der Waals surface area (Å²) in [5.41, 5.74) is 1.29. The maximum absolute atomic E-state index is 12.0. The van der Waals surface area contributed by atoms with E-state index >= 15 is 0 Å². The zero-order valence-corrected chi connectivity index (χ0v) is 17.9. The molecule has 0 saturated carbocycles. The molecule has 11 nitrogen and oxygen atoms in total. The first-order valence-corrected chi connectivity index (χ1v) is 10.4. The van der Waals surface area contributed by atoms with E-state index in [1.54, 1.807) is 18.2 Å². The topological polar surface area (TPSA) is 175 Å². The molecule has 1 heterocycles. The molecular weight excluding hydrogens is 452 g/mol. The van der Waals surface area contributed by atoms with Crippen molar-refractivity contribution in [2.75, 3.05) is 13.2 Å². The van der Waals surface area contributed by atoms with Crippen LogP contribution in [-0.2, 0) is 30.5 Å². The number of hydrogen-bond donors (Lipinski definition) is 6. The Hall–Kier alpha value is -3.19. The van der Waals surface area contributed by atoms with Crippen LogP contribution in [0.2, 0.25) is 0 Å². The Morgan fingerprint density at radius 2 is 1.68 bits per heavy atom. The van der Waals surface area contributed by atoms with Gasteiger partial charge < -0.3 is 40.1 Å². The lowest BCUT2D eigenvalue weighted by molar-refractivity contribution is -0.425. The molecule has 34 heavy (non-hydrogen) atoms. The molecule has 184 valence electrons. The van der Waals surface area contributed by atoms with Crippen LogP contribution in [0.3, 0.4) is 0 Å². The summed E-state index contributed by atoms with van der Waals surface area (Å²) < 4.78 is 10.4. The van der Waals surface area contributed by atoms with E-state index in [0.717, 1.165) is 6.08 Å². The number of aliphatic hydroxyl groups is 3. The van der Waals surface area contributed by atoms with Crippen molar-refractivity contribution < 1.29 is 54.7 Å². The van der Waals surface area contributed by atoms with Crippen molar-refractivity contribution in [2.45, 2.75) is 37.1 Å². The number of rotatable bonds is 9. The highest BCUT2D eigenvalue weighted by molar-refractivity contribution is 5.87. The summed E-state index contributed by atoms with van der Waals surface area (Å²) in [4.78, 5) is 22.0. The van der Waals surface area contributed by atoms with Crippen molar-refractivity contribution in [3.05, 3.63) is 59.7 Å². The zero-order valence-electron chi connectivity index (χ0n) is 17.9. The average Bonchev–Trinajstić information content (AvgIpc) is 2.82. The molecule has 0 radical (unpaired) electrons. The predicted molar refractivity (Wildman–Crippen MR) is 115 cm³/mol. The van der Waals surface area contributed by atoms with E-state index in [4.69, 9.17) is 19.2 Å². The Balaban J connectivity index is 1.46. The fraction of sp³-hybridized carbons (Fsp3) is 0.348. The van der Waals surface area contributed by atoms with E-state index in [9.17, 15) is 35.4 Å². The summed E-state index contributed by atoms with van der Waals surface area (Å²) in [6, 6.07) is 10.4. The largest absolute Gasteiger partial charge is 0.508 e. The summed E-state index contributed by atoms with van der Waals surface area (Å²) in [5.74, 6) is -1.19. The third kappa shape index (κ3) is 6.90. The smallest absolute Gasteiger partial charge is 0.330 e. The van der Waals surface area contributed by atoms with Crippen molar-refractivity contribution in [3.8, 4) is 17.2 Å². The van der Waals surface area contributed by atoms with Gasteiger partial charge in [-0.05, 0) is 47.9 Å². The summed E-state index contributed by atoms with van der Waals surface area (Å²) in [6.45, 7) is -0.451. The van der Waals surface area contributed by atoms with Gasteiger partial charge in [-0.1, -0.05) is 18.2 Å². The van der Waals surface area contributed by atoms with Crippen molar-refractivity contribution in [1.82, 2.24) is 0 Å². The minimum atomic E-state index is -1.65. The Bertz CT molecular complexity index is 975. The van der Waals surface area contributed by atoms with E-state index in [2.05, 4.69) is 0 Å². The minimum Gasteiger partial charge on any atom is -0.508 e. The van der Waals surface area contributed by atoms with Gasteiger partial charge in [-0.15, -0.1) is 0 Å². The van der Waals surface area contributed by atoms with E-state index in [-0.39, 0.29) is 30.3 Å². The molecule has 0 bridgehead atoms. The van der Waals surface area contributed by atoms with Crippen LogP contribution in [0, 0.1) is 0 Å². The number of esters is 1. The number of phenolic OH excluding ortho intramolecular Hbond substituents is 3. The molecule has 5 atom stereocenters. The summed E-state index contributed by atoms with van der Waals surface area (Å²) in [5, 5.41) is 58.4. The van der Waals surface area contributed by atoms with Crippen LogP contribution in [0.4, 0.5) is 0 Å². The fourth-order valence-electron chi connectivity index (χ4n) is 3.09. The second-order valence-electron chi connectivity index (χ2n) is 7.56. The molecule has 3 rings (SSSR count). The number of benzene rings is 2. The molecule has 0 aromatic heterocycles. The molecule has 1 aliphatic rings. The standard InChI is InChI=1S/C23H26O11/c24-15-5-1-13(2-6-15)4-8-19(27)31-12-18-20(28)21(29)22(30)23(33-18)34-32-10-9-14-3-7-16(25)17(26)11-14/h1-8,11,18,20-26,28-30H,9-10,12H2/b8-4+/t18-,20-,21+,22-,23+/m1/s1. The van der Waals surface area contributed by atoms with Crippen LogP contribution in [-0.4, -0.2) is 80.5 Å². The number of hydrogen-bond acceptors (Lipinski definition) is 11. The Morgan fingerprint density at radius 1 is 0.941 bits per heavy atom. The van der Waals surface area contributed by atoms with Gasteiger partial charge in [0.2, 0.25) is 6.29 Å². The number of aliphatic hydroxyl groups excluding tert-OH is 3. The SMILES string of the molecule is O=C(/C=C/c1ccc(O)cc1)OC[C@H]1O[C@@H](OOCCc2ccc(O)c(O)c2)[C@H](O)[C@@H](O)[C@@H]1O. The van der Waals surface area contributed by atoms with Gasteiger partial charge in [0.15, 0.2) is 11.5 Å². The van der Waals surface area contributed by atoms with E-state index in [0.29, 0.717) is 11.1 Å². The van der Waals surface area contributed by atoms with Crippen LogP contribution in [0.1, 0.15) is 11.1 Å². The third-order valence-electron chi connectivity index (χ3n) is 5.04. The van der Waals surface area contributed by atoms with Crippen LogP contribution in [0.25, 0.3) is 6.08 Å². The summed E-state index contributed by atoms with van der Waals surface area (Å²) >= 11 is 0. The molecule has 2 aromatic carbocycles. The van der Waals surface area contributed by atoms with Crippen molar-refractivity contribution in [1.29, 1.82) is 0 Å². The molecule has 0 aliphatic carbocycles. The molecule has 0 unspecified atom stereocenters. The first-order chi connectivity index (χ1) is 16.2. The molecule has 1 aliphatic heterocycles. The van der Waals surface area contributed by atoms with Crippen molar-refractivity contribution >= 4 is 12.0 Å². The van der Waals surface area contributed by atoms with Crippen LogP contribution < -0.4 is 0 Å². The van der Waals surface area contributed by atoms with Gasteiger partial charge in [-0.3, -0.25) is 0 Å². The van der Waals surface area contributed by atoms with Gasteiger partial charge in [-0.25, -0.2) is 14.6 Å².